The molecule has 1 aromatic carbocycles. The summed E-state index contributed by atoms with van der Waals surface area (Å²) in [7, 11) is 0. The minimum atomic E-state index is -0.418. The van der Waals surface area contributed by atoms with E-state index < -0.39 is 6.67 Å². The van der Waals surface area contributed by atoms with E-state index in [9.17, 15) is 9.18 Å². The molecule has 0 N–H and O–H groups in total. The number of hydrogen-bond acceptors (Lipinski definition) is 1. The Bertz CT molecular complexity index is 248. The SMILES string of the molecule is Cl.O=C(CCCF)c1ccccc1. The number of benzene rings is 1. The zero-order valence-corrected chi connectivity index (χ0v) is 8.02. The average Bonchev–Trinajstić information content (AvgIpc) is 2.15. The molecule has 0 aliphatic carbocycles. The maximum absolute atomic E-state index is 11.7. The molecule has 0 saturated carbocycles. The van der Waals surface area contributed by atoms with Gasteiger partial charge in [-0.3, -0.25) is 9.18 Å². The maximum atomic E-state index is 11.7. The molecule has 0 bridgehead atoms. The lowest BCUT2D eigenvalue weighted by Gasteiger charge is -1.97. The highest BCUT2D eigenvalue weighted by molar-refractivity contribution is 5.95. The van der Waals surface area contributed by atoms with E-state index in [1.54, 1.807) is 12.1 Å². The van der Waals surface area contributed by atoms with Crippen molar-refractivity contribution in [3.8, 4) is 0 Å². The van der Waals surface area contributed by atoms with Crippen molar-refractivity contribution in [1.82, 2.24) is 0 Å². The van der Waals surface area contributed by atoms with Crippen LogP contribution in [0.3, 0.4) is 0 Å². The molecular formula is C10H12ClFO. The maximum Gasteiger partial charge on any atom is 0.162 e. The molecule has 1 rings (SSSR count). The van der Waals surface area contributed by atoms with Crippen LogP contribution in [-0.2, 0) is 0 Å². The third-order valence-electron chi connectivity index (χ3n) is 1.63. The Balaban J connectivity index is 0.00000144. The van der Waals surface area contributed by atoms with Crippen molar-refractivity contribution in [2.45, 2.75) is 12.8 Å². The summed E-state index contributed by atoms with van der Waals surface area (Å²) in [4.78, 5) is 11.2. The van der Waals surface area contributed by atoms with Crippen LogP contribution in [0.2, 0.25) is 0 Å². The molecule has 0 radical (unpaired) electrons. The number of hydrogen-bond donors (Lipinski definition) is 0. The standard InChI is InChI=1S/C10H11FO.ClH/c11-8-4-7-10(12)9-5-2-1-3-6-9;/h1-3,5-6H,4,7-8H2;1H. The molecule has 0 fully saturated rings. The molecule has 1 nitrogen and oxygen atoms in total. The van der Waals surface area contributed by atoms with Gasteiger partial charge < -0.3 is 0 Å². The summed E-state index contributed by atoms with van der Waals surface area (Å²) in [5.74, 6) is 0.0215. The van der Waals surface area contributed by atoms with Crippen molar-refractivity contribution in [3.05, 3.63) is 35.9 Å². The summed E-state index contributed by atoms with van der Waals surface area (Å²) in [5, 5.41) is 0. The highest BCUT2D eigenvalue weighted by Crippen LogP contribution is 2.04. The van der Waals surface area contributed by atoms with E-state index in [2.05, 4.69) is 0 Å². The second-order valence-electron chi connectivity index (χ2n) is 2.58. The molecule has 0 amide bonds. The van der Waals surface area contributed by atoms with Gasteiger partial charge in [0.1, 0.15) is 0 Å². The highest BCUT2D eigenvalue weighted by atomic mass is 35.5. The Kier molecular flexibility index (Phi) is 6.15. The highest BCUT2D eigenvalue weighted by Gasteiger charge is 2.02. The molecule has 0 saturated heterocycles. The first-order valence-electron chi connectivity index (χ1n) is 3.99. The lowest BCUT2D eigenvalue weighted by molar-refractivity contribution is 0.0977. The number of Topliss-reactive ketones (excluding diaryl/α,β-unsaturated/α-hetero) is 1. The topological polar surface area (TPSA) is 17.1 Å². The monoisotopic (exact) mass is 202 g/mol. The molecule has 0 heterocycles. The van der Waals surface area contributed by atoms with Crippen LogP contribution < -0.4 is 0 Å². The van der Waals surface area contributed by atoms with Gasteiger partial charge in [0.2, 0.25) is 0 Å². The first kappa shape index (κ1) is 12.1. The molecule has 0 aromatic heterocycles. The molecule has 3 heteroatoms. The van der Waals surface area contributed by atoms with Crippen molar-refractivity contribution < 1.29 is 9.18 Å². The van der Waals surface area contributed by atoms with Crippen LogP contribution in [0.15, 0.2) is 30.3 Å². The third-order valence-corrected chi connectivity index (χ3v) is 1.63. The molecular weight excluding hydrogens is 191 g/mol. The summed E-state index contributed by atoms with van der Waals surface area (Å²) < 4.78 is 11.7. The van der Waals surface area contributed by atoms with Gasteiger partial charge in [-0.1, -0.05) is 30.3 Å². The molecule has 0 atom stereocenters. The fourth-order valence-electron chi connectivity index (χ4n) is 0.996. The van der Waals surface area contributed by atoms with Crippen molar-refractivity contribution in [3.63, 3.8) is 0 Å². The van der Waals surface area contributed by atoms with E-state index in [-0.39, 0.29) is 18.2 Å². The summed E-state index contributed by atoms with van der Waals surface area (Å²) in [5.41, 5.74) is 0.672. The summed E-state index contributed by atoms with van der Waals surface area (Å²) in [6.45, 7) is -0.418. The number of carbonyl (C=O) groups excluding carboxylic acids is 1. The molecule has 1 aromatic rings. The molecule has 0 aliphatic rings. The number of ketones is 1. The van der Waals surface area contributed by atoms with Crippen molar-refractivity contribution in [2.24, 2.45) is 0 Å². The van der Waals surface area contributed by atoms with Crippen molar-refractivity contribution in [1.29, 1.82) is 0 Å². The van der Waals surface area contributed by atoms with Crippen molar-refractivity contribution >= 4 is 18.2 Å². The van der Waals surface area contributed by atoms with Gasteiger partial charge in [-0.05, 0) is 6.42 Å². The molecule has 13 heavy (non-hydrogen) atoms. The molecule has 72 valence electrons. The number of halogens is 2. The predicted molar refractivity (Wildman–Crippen MR) is 53.2 cm³/mol. The normalized spacial score (nSPS) is 9.00. The second kappa shape index (κ2) is 6.61. The largest absolute Gasteiger partial charge is 0.294 e. The van der Waals surface area contributed by atoms with Crippen LogP contribution >= 0.6 is 12.4 Å². The first-order chi connectivity index (χ1) is 5.84. The molecule has 0 aliphatic heterocycles. The number of carbonyl (C=O) groups is 1. The van der Waals surface area contributed by atoms with Gasteiger partial charge in [-0.2, -0.15) is 0 Å². The predicted octanol–water partition coefficient (Wildman–Crippen LogP) is 3.04. The van der Waals surface area contributed by atoms with Crippen LogP contribution in [0, 0.1) is 0 Å². The summed E-state index contributed by atoms with van der Waals surface area (Å²) in [6.07, 6.45) is 0.633. The quantitative estimate of drug-likeness (QED) is 0.686. The minimum absolute atomic E-state index is 0. The Labute approximate surface area is 83.4 Å². The van der Waals surface area contributed by atoms with E-state index in [4.69, 9.17) is 0 Å². The number of alkyl halides is 1. The molecule has 0 unspecified atom stereocenters. The zero-order valence-electron chi connectivity index (χ0n) is 7.20. The van der Waals surface area contributed by atoms with E-state index in [0.717, 1.165) is 0 Å². The fourth-order valence-corrected chi connectivity index (χ4v) is 0.996. The third kappa shape index (κ3) is 4.04. The first-order valence-corrected chi connectivity index (χ1v) is 3.99. The van der Waals surface area contributed by atoms with Crippen molar-refractivity contribution in [2.75, 3.05) is 6.67 Å². The minimum Gasteiger partial charge on any atom is -0.294 e. The van der Waals surface area contributed by atoms with Crippen LogP contribution in [-0.4, -0.2) is 12.5 Å². The van der Waals surface area contributed by atoms with Gasteiger partial charge in [-0.25, -0.2) is 0 Å². The number of rotatable bonds is 4. The van der Waals surface area contributed by atoms with E-state index in [1.807, 2.05) is 18.2 Å². The average molecular weight is 203 g/mol. The Morgan fingerprint density at radius 2 is 1.85 bits per heavy atom. The van der Waals surface area contributed by atoms with Gasteiger partial charge in [0.05, 0.1) is 6.67 Å². The van der Waals surface area contributed by atoms with Gasteiger partial charge in [0.25, 0.3) is 0 Å². The van der Waals surface area contributed by atoms with Gasteiger partial charge in [0.15, 0.2) is 5.78 Å². The van der Waals surface area contributed by atoms with Gasteiger partial charge in [0, 0.05) is 12.0 Å². The lowest BCUT2D eigenvalue weighted by Crippen LogP contribution is -1.98. The van der Waals surface area contributed by atoms with Gasteiger partial charge >= 0.3 is 0 Å². The summed E-state index contributed by atoms with van der Waals surface area (Å²) >= 11 is 0. The zero-order chi connectivity index (χ0) is 8.81. The van der Waals surface area contributed by atoms with Gasteiger partial charge in [-0.15, -0.1) is 12.4 Å². The van der Waals surface area contributed by atoms with Crippen LogP contribution in [0.5, 0.6) is 0 Å². The van der Waals surface area contributed by atoms with E-state index >= 15 is 0 Å². The fraction of sp³-hybridized carbons (Fsp3) is 0.300. The van der Waals surface area contributed by atoms with Crippen LogP contribution in [0.25, 0.3) is 0 Å². The Hall–Kier alpha value is -0.890. The lowest BCUT2D eigenvalue weighted by atomic mass is 10.1. The second-order valence-corrected chi connectivity index (χ2v) is 2.58. The Morgan fingerprint density at radius 1 is 1.23 bits per heavy atom. The smallest absolute Gasteiger partial charge is 0.162 e. The van der Waals surface area contributed by atoms with Crippen LogP contribution in [0.1, 0.15) is 23.2 Å². The molecule has 0 spiro atoms. The van der Waals surface area contributed by atoms with E-state index in [1.165, 1.54) is 0 Å². The van der Waals surface area contributed by atoms with E-state index in [0.29, 0.717) is 18.4 Å². The Morgan fingerprint density at radius 3 is 2.38 bits per heavy atom. The summed E-state index contributed by atoms with van der Waals surface area (Å²) in [6, 6.07) is 8.97. The van der Waals surface area contributed by atoms with Crippen LogP contribution in [0.4, 0.5) is 4.39 Å².